The maximum atomic E-state index is 11.2. The van der Waals surface area contributed by atoms with Crippen molar-refractivity contribution in [3.8, 4) is 11.5 Å². The molecule has 0 saturated carbocycles. The van der Waals surface area contributed by atoms with Crippen molar-refractivity contribution in [1.82, 2.24) is 14.8 Å². The highest BCUT2D eigenvalue weighted by molar-refractivity contribution is 5.43. The molecule has 1 aromatic carbocycles. The fourth-order valence-corrected chi connectivity index (χ4v) is 4.74. The molecule has 0 amide bonds. The lowest BCUT2D eigenvalue weighted by Gasteiger charge is -2.29. The second-order valence-corrected chi connectivity index (χ2v) is 9.27. The van der Waals surface area contributed by atoms with Crippen LogP contribution in [0.4, 0.5) is 5.82 Å². The van der Waals surface area contributed by atoms with E-state index in [1.807, 2.05) is 31.2 Å². The average molecular weight is 471 g/mol. The van der Waals surface area contributed by atoms with Crippen LogP contribution in [0, 0.1) is 0 Å². The first kappa shape index (κ1) is 24.7. The number of rotatable bonds is 11. The Balaban J connectivity index is 1.30. The van der Waals surface area contributed by atoms with E-state index in [0.29, 0.717) is 26.3 Å². The van der Waals surface area contributed by atoms with E-state index < -0.39 is 5.60 Å². The van der Waals surface area contributed by atoms with Gasteiger partial charge in [-0.05, 0) is 50.2 Å². The number of aliphatic hydroxyl groups is 1. The molecule has 0 radical (unpaired) electrons. The molecule has 2 aliphatic heterocycles. The van der Waals surface area contributed by atoms with Crippen LogP contribution in [-0.4, -0.2) is 98.2 Å². The van der Waals surface area contributed by atoms with Gasteiger partial charge in [-0.25, -0.2) is 4.98 Å². The van der Waals surface area contributed by atoms with Gasteiger partial charge in [-0.1, -0.05) is 12.1 Å². The molecule has 34 heavy (non-hydrogen) atoms. The van der Waals surface area contributed by atoms with Crippen molar-refractivity contribution in [2.75, 3.05) is 77.6 Å². The summed E-state index contributed by atoms with van der Waals surface area (Å²) in [6, 6.07) is 12.0. The van der Waals surface area contributed by atoms with Crippen LogP contribution in [0.2, 0.25) is 0 Å². The first-order chi connectivity index (χ1) is 16.5. The highest BCUT2D eigenvalue weighted by Gasteiger charge is 2.37. The van der Waals surface area contributed by atoms with Gasteiger partial charge in [-0.15, -0.1) is 0 Å². The quantitative estimate of drug-likeness (QED) is 0.536. The normalized spacial score (nSPS) is 21.2. The molecule has 1 N–H and O–H groups in total. The third-order valence-electron chi connectivity index (χ3n) is 6.40. The van der Waals surface area contributed by atoms with Gasteiger partial charge < -0.3 is 24.2 Å². The van der Waals surface area contributed by atoms with Gasteiger partial charge in [-0.2, -0.15) is 0 Å². The zero-order valence-electron chi connectivity index (χ0n) is 20.5. The molecule has 1 atom stereocenters. The van der Waals surface area contributed by atoms with Crippen molar-refractivity contribution in [2.24, 2.45) is 0 Å². The van der Waals surface area contributed by atoms with Gasteiger partial charge >= 0.3 is 0 Å². The maximum absolute atomic E-state index is 11.2. The molecule has 3 heterocycles. The van der Waals surface area contributed by atoms with Crippen LogP contribution in [0.5, 0.6) is 11.5 Å². The van der Waals surface area contributed by atoms with Crippen molar-refractivity contribution in [1.29, 1.82) is 0 Å². The SMILES string of the molecule is CCOc1cc(CN(C)C[C@@]2(O)CCN(c3ccccn3)C2)ccc1OCCN1CCOCC1. The van der Waals surface area contributed by atoms with Gasteiger partial charge in [0.1, 0.15) is 12.4 Å². The molecule has 2 saturated heterocycles. The summed E-state index contributed by atoms with van der Waals surface area (Å²) in [5.41, 5.74) is 0.382. The number of ether oxygens (including phenoxy) is 3. The second-order valence-electron chi connectivity index (χ2n) is 9.27. The van der Waals surface area contributed by atoms with Crippen LogP contribution < -0.4 is 14.4 Å². The Bertz CT molecular complexity index is 894. The highest BCUT2D eigenvalue weighted by Crippen LogP contribution is 2.30. The van der Waals surface area contributed by atoms with Crippen LogP contribution >= 0.6 is 0 Å². The summed E-state index contributed by atoms with van der Waals surface area (Å²) in [5, 5.41) is 11.2. The van der Waals surface area contributed by atoms with E-state index in [2.05, 4.69) is 38.9 Å². The van der Waals surface area contributed by atoms with Crippen molar-refractivity contribution in [2.45, 2.75) is 25.5 Å². The summed E-state index contributed by atoms with van der Waals surface area (Å²) in [4.78, 5) is 11.1. The third-order valence-corrected chi connectivity index (χ3v) is 6.40. The molecular weight excluding hydrogens is 432 g/mol. The molecule has 8 nitrogen and oxygen atoms in total. The Morgan fingerprint density at radius 1 is 1.12 bits per heavy atom. The Labute approximate surface area is 203 Å². The maximum Gasteiger partial charge on any atom is 0.161 e. The van der Waals surface area contributed by atoms with Gasteiger partial charge in [0.2, 0.25) is 0 Å². The number of nitrogens with zero attached hydrogens (tertiary/aromatic N) is 4. The molecule has 4 rings (SSSR count). The summed E-state index contributed by atoms with van der Waals surface area (Å²) >= 11 is 0. The van der Waals surface area contributed by atoms with Crippen LogP contribution in [-0.2, 0) is 11.3 Å². The third kappa shape index (κ3) is 6.82. The van der Waals surface area contributed by atoms with Crippen LogP contribution in [0.15, 0.2) is 42.6 Å². The topological polar surface area (TPSA) is 70.5 Å². The van der Waals surface area contributed by atoms with E-state index in [4.69, 9.17) is 14.2 Å². The lowest BCUT2D eigenvalue weighted by molar-refractivity contribution is 0.0279. The molecule has 0 unspecified atom stereocenters. The molecule has 0 aliphatic carbocycles. The number of benzene rings is 1. The van der Waals surface area contributed by atoms with Crippen molar-refractivity contribution in [3.63, 3.8) is 0 Å². The number of morpholine rings is 1. The minimum Gasteiger partial charge on any atom is -0.490 e. The summed E-state index contributed by atoms with van der Waals surface area (Å²) < 4.78 is 17.3. The summed E-state index contributed by atoms with van der Waals surface area (Å²) in [5.74, 6) is 2.48. The van der Waals surface area contributed by atoms with Gasteiger partial charge in [0.25, 0.3) is 0 Å². The second kappa shape index (κ2) is 11.8. The van der Waals surface area contributed by atoms with Crippen molar-refractivity contribution in [3.05, 3.63) is 48.2 Å². The number of hydrogen-bond acceptors (Lipinski definition) is 8. The molecule has 0 bridgehead atoms. The fourth-order valence-electron chi connectivity index (χ4n) is 4.74. The molecule has 2 aromatic rings. The average Bonchev–Trinajstić information content (AvgIpc) is 3.23. The predicted molar refractivity (Wildman–Crippen MR) is 133 cm³/mol. The molecule has 0 spiro atoms. The molecular formula is C26H38N4O4. The monoisotopic (exact) mass is 470 g/mol. The van der Waals surface area contributed by atoms with Gasteiger partial charge in [0.15, 0.2) is 11.5 Å². The number of aromatic nitrogens is 1. The van der Waals surface area contributed by atoms with Crippen LogP contribution in [0.1, 0.15) is 18.9 Å². The van der Waals surface area contributed by atoms with Gasteiger partial charge in [-0.3, -0.25) is 9.80 Å². The Morgan fingerprint density at radius 2 is 1.97 bits per heavy atom. The van der Waals surface area contributed by atoms with E-state index in [1.54, 1.807) is 6.20 Å². The minimum absolute atomic E-state index is 0.586. The summed E-state index contributed by atoms with van der Waals surface area (Å²) in [6.07, 6.45) is 2.53. The van der Waals surface area contributed by atoms with E-state index in [-0.39, 0.29) is 0 Å². The largest absolute Gasteiger partial charge is 0.490 e. The minimum atomic E-state index is -0.752. The van der Waals surface area contributed by atoms with E-state index in [1.165, 1.54) is 0 Å². The van der Waals surface area contributed by atoms with E-state index in [9.17, 15) is 5.11 Å². The zero-order valence-corrected chi connectivity index (χ0v) is 20.5. The van der Waals surface area contributed by atoms with Gasteiger partial charge in [0, 0.05) is 52.0 Å². The molecule has 2 fully saturated rings. The standard InChI is InChI=1S/C26H38N4O4/c1-3-33-24-18-22(7-8-23(24)34-17-14-29-12-15-32-16-13-29)19-28(2)20-26(31)9-11-30(21-26)25-6-4-5-10-27-25/h4-8,10,18,31H,3,9,11-17,19-21H2,1-2H3/t26-/m0/s1. The smallest absolute Gasteiger partial charge is 0.161 e. The van der Waals surface area contributed by atoms with E-state index in [0.717, 1.165) is 75.2 Å². The molecule has 2 aliphatic rings. The first-order valence-corrected chi connectivity index (χ1v) is 12.3. The van der Waals surface area contributed by atoms with E-state index >= 15 is 0 Å². The van der Waals surface area contributed by atoms with Crippen molar-refractivity contribution >= 4 is 5.82 Å². The lowest BCUT2D eigenvalue weighted by Crippen LogP contribution is -2.43. The fraction of sp³-hybridized carbons (Fsp3) is 0.577. The first-order valence-electron chi connectivity index (χ1n) is 12.3. The number of anilines is 1. The summed E-state index contributed by atoms with van der Waals surface area (Å²) in [7, 11) is 2.05. The Hall–Kier alpha value is -2.39. The molecule has 186 valence electrons. The van der Waals surface area contributed by atoms with Crippen LogP contribution in [0.25, 0.3) is 0 Å². The highest BCUT2D eigenvalue weighted by atomic mass is 16.5. The number of likely N-dealkylation sites (N-methyl/N-ethyl adjacent to an activating group) is 1. The number of pyridine rings is 1. The Morgan fingerprint density at radius 3 is 2.74 bits per heavy atom. The summed E-state index contributed by atoms with van der Waals surface area (Å²) in [6.45, 7) is 10.3. The Kier molecular flexibility index (Phi) is 8.61. The zero-order chi connectivity index (χ0) is 23.8. The predicted octanol–water partition coefficient (Wildman–Crippen LogP) is 2.26. The lowest BCUT2D eigenvalue weighted by atomic mass is 10.0. The number of β-amino-alcohol motifs (C(OH)–C–C–N with tert-alkyl or cyclic N) is 1. The van der Waals surface area contributed by atoms with Gasteiger partial charge in [0.05, 0.1) is 25.4 Å². The molecule has 8 heteroatoms. The number of hydrogen-bond donors (Lipinski definition) is 1. The van der Waals surface area contributed by atoms with Crippen LogP contribution in [0.3, 0.4) is 0 Å². The van der Waals surface area contributed by atoms with Crippen molar-refractivity contribution < 1.29 is 19.3 Å². The molecule has 1 aromatic heterocycles.